The van der Waals surface area contributed by atoms with E-state index in [2.05, 4.69) is 14.7 Å². The van der Waals surface area contributed by atoms with Crippen LogP contribution in [0.3, 0.4) is 0 Å². The number of anilines is 2. The van der Waals surface area contributed by atoms with Crippen LogP contribution in [0.25, 0.3) is 0 Å². The van der Waals surface area contributed by atoms with E-state index in [1.165, 1.54) is 44.6 Å². The first kappa shape index (κ1) is 21.7. The fraction of sp³-hybridized carbons (Fsp3) is 0.353. The zero-order chi connectivity index (χ0) is 22.1. The summed E-state index contributed by atoms with van der Waals surface area (Å²) >= 11 is 0. The Hall–Kier alpha value is -3.00. The molecule has 0 radical (unpaired) electrons. The van der Waals surface area contributed by atoms with Crippen molar-refractivity contribution in [2.24, 2.45) is 0 Å². The van der Waals surface area contributed by atoms with E-state index in [4.69, 9.17) is 14.6 Å². The molecule has 0 bridgehead atoms. The van der Waals surface area contributed by atoms with Crippen LogP contribution in [-0.4, -0.2) is 78.7 Å². The van der Waals surface area contributed by atoms with E-state index in [-0.39, 0.29) is 28.3 Å². The van der Waals surface area contributed by atoms with E-state index in [0.29, 0.717) is 0 Å². The monoisotopic (exact) mass is 440 g/mol. The van der Waals surface area contributed by atoms with Gasteiger partial charge in [0.2, 0.25) is 5.88 Å². The van der Waals surface area contributed by atoms with E-state index in [1.807, 2.05) is 0 Å². The van der Waals surface area contributed by atoms with Crippen LogP contribution in [0, 0.1) is 0 Å². The molecule has 4 N–H and O–H groups in total. The topological polar surface area (TPSA) is 171 Å². The van der Waals surface area contributed by atoms with E-state index in [0.717, 1.165) is 4.90 Å². The van der Waals surface area contributed by atoms with Gasteiger partial charge in [0.1, 0.15) is 12.1 Å². The van der Waals surface area contributed by atoms with E-state index >= 15 is 0 Å². The average Bonchev–Trinajstić information content (AvgIpc) is 2.75. The second kappa shape index (κ2) is 8.39. The van der Waals surface area contributed by atoms with E-state index in [9.17, 15) is 23.4 Å². The van der Waals surface area contributed by atoms with Gasteiger partial charge in [-0.1, -0.05) is 0 Å². The van der Waals surface area contributed by atoms with Crippen LogP contribution in [0.4, 0.5) is 11.5 Å². The second-order valence-electron chi connectivity index (χ2n) is 6.28. The Balaban J connectivity index is 1.83. The molecule has 0 unspecified atom stereocenters. The Labute approximate surface area is 171 Å². The predicted octanol–water partition coefficient (Wildman–Crippen LogP) is -1.28. The van der Waals surface area contributed by atoms with Crippen LogP contribution in [0.5, 0.6) is 11.9 Å². The highest BCUT2D eigenvalue weighted by Gasteiger charge is 2.50. The van der Waals surface area contributed by atoms with Gasteiger partial charge in [0.05, 0.1) is 25.7 Å². The van der Waals surface area contributed by atoms with Crippen LogP contribution in [0.1, 0.15) is 0 Å². The molecule has 2 heterocycles. The summed E-state index contributed by atoms with van der Waals surface area (Å²) in [6.07, 6.45) is -2.79. The summed E-state index contributed by atoms with van der Waals surface area (Å²) in [5.41, 5.74) is 0.257. The fourth-order valence-corrected chi connectivity index (χ4v) is 3.91. The zero-order valence-corrected chi connectivity index (χ0v) is 16.8. The predicted molar refractivity (Wildman–Crippen MR) is 103 cm³/mol. The third-order valence-electron chi connectivity index (χ3n) is 4.43. The molecule has 2 aromatic rings. The number of hydrogen-bond donors (Lipinski definition) is 4. The highest BCUT2D eigenvalue weighted by Crippen LogP contribution is 2.31. The summed E-state index contributed by atoms with van der Waals surface area (Å²) in [6, 6.07) is 5.33. The van der Waals surface area contributed by atoms with Crippen LogP contribution < -0.4 is 19.1 Å². The van der Waals surface area contributed by atoms with Crippen molar-refractivity contribution in [2.45, 2.75) is 23.1 Å². The molecule has 1 aliphatic heterocycles. The summed E-state index contributed by atoms with van der Waals surface area (Å²) in [6.45, 7) is -0.645. The van der Waals surface area contributed by atoms with Crippen LogP contribution in [0.15, 0.2) is 35.2 Å². The Morgan fingerprint density at radius 2 is 1.87 bits per heavy atom. The molecule has 1 saturated heterocycles. The number of aliphatic hydroxyl groups is 3. The van der Waals surface area contributed by atoms with Crippen molar-refractivity contribution in [3.63, 3.8) is 0 Å². The van der Waals surface area contributed by atoms with Gasteiger partial charge in [-0.25, -0.2) is 8.42 Å². The lowest BCUT2D eigenvalue weighted by Crippen LogP contribution is -2.70. The maximum Gasteiger partial charge on any atom is 0.321 e. The third-order valence-corrected chi connectivity index (χ3v) is 5.80. The first-order valence-electron chi connectivity index (χ1n) is 8.62. The van der Waals surface area contributed by atoms with Gasteiger partial charge in [0.25, 0.3) is 15.9 Å². The number of hydrogen-bond acceptors (Lipinski definition) is 10. The fourth-order valence-electron chi connectivity index (χ4n) is 2.92. The van der Waals surface area contributed by atoms with Gasteiger partial charge in [-0.3, -0.25) is 9.52 Å². The lowest BCUT2D eigenvalue weighted by molar-refractivity contribution is -0.142. The molecule has 30 heavy (non-hydrogen) atoms. The quantitative estimate of drug-likeness (QED) is 0.363. The lowest BCUT2D eigenvalue weighted by atomic mass is 9.92. The molecular weight excluding hydrogens is 420 g/mol. The van der Waals surface area contributed by atoms with Crippen molar-refractivity contribution in [1.29, 1.82) is 0 Å². The first-order chi connectivity index (χ1) is 14.2. The maximum atomic E-state index is 12.7. The van der Waals surface area contributed by atoms with Gasteiger partial charge < -0.3 is 29.7 Å². The SMILES string of the molecule is COc1cc(NS(=O)(=O)c2ccc(N3C(=O)[C@@H](O)[C@H]3[C@H](O)CO)cc2)nc(OC)n1. The summed E-state index contributed by atoms with van der Waals surface area (Å²) in [5, 5.41) is 28.6. The lowest BCUT2D eigenvalue weighted by Gasteiger charge is -2.46. The normalized spacial score (nSPS) is 19.8. The van der Waals surface area contributed by atoms with Crippen molar-refractivity contribution < 1.29 is 38.0 Å². The van der Waals surface area contributed by atoms with Crippen LogP contribution in [0.2, 0.25) is 0 Å². The summed E-state index contributed by atoms with van der Waals surface area (Å²) in [4.78, 5) is 20.7. The summed E-state index contributed by atoms with van der Waals surface area (Å²) in [7, 11) is -1.37. The molecule has 0 spiro atoms. The number of amides is 1. The van der Waals surface area contributed by atoms with Gasteiger partial charge in [-0.05, 0) is 24.3 Å². The molecule has 162 valence electrons. The Bertz CT molecular complexity index is 1010. The third kappa shape index (κ3) is 4.00. The number of aromatic nitrogens is 2. The molecular formula is C17H20N4O8S. The smallest absolute Gasteiger partial charge is 0.321 e. The first-order valence-corrected chi connectivity index (χ1v) is 10.1. The van der Waals surface area contributed by atoms with Gasteiger partial charge in [-0.15, -0.1) is 0 Å². The van der Waals surface area contributed by atoms with Gasteiger partial charge >= 0.3 is 6.01 Å². The molecule has 0 saturated carbocycles. The maximum absolute atomic E-state index is 12.7. The number of carbonyl (C=O) groups excluding carboxylic acids is 1. The van der Waals surface area contributed by atoms with Crippen molar-refractivity contribution >= 4 is 27.4 Å². The number of ether oxygens (including phenoxy) is 2. The van der Waals surface area contributed by atoms with Crippen molar-refractivity contribution in [2.75, 3.05) is 30.4 Å². The number of sulfonamides is 1. The van der Waals surface area contributed by atoms with Gasteiger partial charge in [-0.2, -0.15) is 9.97 Å². The van der Waals surface area contributed by atoms with Crippen molar-refractivity contribution in [1.82, 2.24) is 9.97 Å². The molecule has 0 aliphatic carbocycles. The minimum atomic E-state index is -4.05. The highest BCUT2D eigenvalue weighted by atomic mass is 32.2. The standard InChI is InChI=1S/C17H20N4O8S/c1-28-13-7-12(18-17(19-13)29-2)20-30(26,27)10-5-3-9(4-6-10)21-14(11(23)8-22)15(24)16(21)25/h3-7,11,14-15,22-24H,8H2,1-2H3,(H,18,19,20)/t11-,14-,15+/m1/s1. The van der Waals surface area contributed by atoms with Gasteiger partial charge in [0.15, 0.2) is 11.9 Å². The van der Waals surface area contributed by atoms with Crippen molar-refractivity contribution in [3.8, 4) is 11.9 Å². The minimum absolute atomic E-state index is 0.0741. The molecule has 12 nitrogen and oxygen atoms in total. The number of aliphatic hydroxyl groups excluding tert-OH is 3. The number of methoxy groups -OCH3 is 2. The molecule has 3 atom stereocenters. The Kier molecular flexibility index (Phi) is 6.07. The summed E-state index contributed by atoms with van der Waals surface area (Å²) < 4.78 is 37.5. The number of benzene rings is 1. The molecule has 1 aliphatic rings. The molecule has 3 rings (SSSR count). The van der Waals surface area contributed by atoms with Gasteiger partial charge in [0, 0.05) is 11.8 Å². The van der Waals surface area contributed by atoms with Crippen LogP contribution in [-0.2, 0) is 14.8 Å². The Morgan fingerprint density at radius 1 is 1.20 bits per heavy atom. The molecule has 13 heteroatoms. The highest BCUT2D eigenvalue weighted by molar-refractivity contribution is 7.92. The van der Waals surface area contributed by atoms with Crippen molar-refractivity contribution in [3.05, 3.63) is 30.3 Å². The van der Waals surface area contributed by atoms with Crippen LogP contribution >= 0.6 is 0 Å². The van der Waals surface area contributed by atoms with E-state index < -0.39 is 40.8 Å². The molecule has 1 amide bonds. The largest absolute Gasteiger partial charge is 0.481 e. The molecule has 1 aromatic carbocycles. The summed E-state index contributed by atoms with van der Waals surface area (Å²) in [5.74, 6) is -0.644. The Morgan fingerprint density at radius 3 is 2.43 bits per heavy atom. The number of carbonyl (C=O) groups is 1. The second-order valence-corrected chi connectivity index (χ2v) is 7.96. The number of nitrogens with one attached hydrogen (secondary N) is 1. The van der Waals surface area contributed by atoms with E-state index in [1.54, 1.807) is 0 Å². The number of rotatable bonds is 8. The number of β-lactam (4-membered cyclic amide) rings is 1. The average molecular weight is 440 g/mol. The zero-order valence-electron chi connectivity index (χ0n) is 16.0. The number of nitrogens with zero attached hydrogens (tertiary/aromatic N) is 3. The minimum Gasteiger partial charge on any atom is -0.481 e. The molecule has 1 aromatic heterocycles. The molecule has 1 fully saturated rings.